The highest BCUT2D eigenvalue weighted by molar-refractivity contribution is 6.19. The fraction of sp³-hybridized carbons (Fsp3) is 0.800. The molecule has 1 fully saturated rings. The van der Waals surface area contributed by atoms with Crippen molar-refractivity contribution < 1.29 is 4.79 Å². The van der Waals surface area contributed by atoms with E-state index in [4.69, 9.17) is 11.6 Å². The SMILES string of the molecule is CC(=O)N1N=C(CCCl)C2C1C2(C)C. The van der Waals surface area contributed by atoms with Crippen LogP contribution in [-0.2, 0) is 4.79 Å². The van der Waals surface area contributed by atoms with Gasteiger partial charge in [-0.3, -0.25) is 4.79 Å². The Morgan fingerprint density at radius 1 is 1.64 bits per heavy atom. The molecule has 78 valence electrons. The lowest BCUT2D eigenvalue weighted by Crippen LogP contribution is -2.27. The van der Waals surface area contributed by atoms with E-state index in [9.17, 15) is 4.79 Å². The number of amides is 1. The Kier molecular flexibility index (Phi) is 2.11. The predicted molar refractivity (Wildman–Crippen MR) is 56.4 cm³/mol. The molecule has 1 saturated carbocycles. The van der Waals surface area contributed by atoms with Gasteiger partial charge in [-0.1, -0.05) is 13.8 Å². The van der Waals surface area contributed by atoms with Gasteiger partial charge in [0.2, 0.25) is 5.91 Å². The summed E-state index contributed by atoms with van der Waals surface area (Å²) in [6.45, 7) is 5.93. The largest absolute Gasteiger partial charge is 0.273 e. The van der Waals surface area contributed by atoms with Gasteiger partial charge < -0.3 is 0 Å². The molecule has 14 heavy (non-hydrogen) atoms. The van der Waals surface area contributed by atoms with Crippen LogP contribution in [0, 0.1) is 11.3 Å². The molecule has 0 aromatic rings. The maximum Gasteiger partial charge on any atom is 0.239 e. The third-order valence-electron chi connectivity index (χ3n) is 3.30. The van der Waals surface area contributed by atoms with E-state index in [1.165, 1.54) is 0 Å². The minimum absolute atomic E-state index is 0.0372. The minimum Gasteiger partial charge on any atom is -0.273 e. The number of hydrogen-bond acceptors (Lipinski definition) is 2. The third kappa shape index (κ3) is 1.18. The van der Waals surface area contributed by atoms with Gasteiger partial charge in [-0.25, -0.2) is 5.01 Å². The first kappa shape index (κ1) is 9.97. The van der Waals surface area contributed by atoms with Crippen LogP contribution in [0.4, 0.5) is 0 Å². The molecule has 1 aliphatic carbocycles. The Balaban J connectivity index is 2.21. The monoisotopic (exact) mass is 214 g/mol. The fourth-order valence-corrected chi connectivity index (χ4v) is 2.70. The Labute approximate surface area is 89.1 Å². The molecule has 3 nitrogen and oxygen atoms in total. The van der Waals surface area contributed by atoms with Gasteiger partial charge in [0.05, 0.1) is 6.04 Å². The molecular formula is C10H15ClN2O. The van der Waals surface area contributed by atoms with E-state index < -0.39 is 0 Å². The third-order valence-corrected chi connectivity index (χ3v) is 3.49. The number of hydrazone groups is 1. The molecule has 1 amide bonds. The van der Waals surface area contributed by atoms with Crippen molar-refractivity contribution in [2.24, 2.45) is 16.4 Å². The topological polar surface area (TPSA) is 32.7 Å². The van der Waals surface area contributed by atoms with Gasteiger partial charge in [0.15, 0.2) is 0 Å². The number of carbonyl (C=O) groups excluding carboxylic acids is 1. The number of fused-ring (bicyclic) bond motifs is 1. The fourth-order valence-electron chi connectivity index (χ4n) is 2.51. The Hall–Kier alpha value is -0.570. The van der Waals surface area contributed by atoms with Gasteiger partial charge in [0.1, 0.15) is 0 Å². The molecule has 0 spiro atoms. The smallest absolute Gasteiger partial charge is 0.239 e. The summed E-state index contributed by atoms with van der Waals surface area (Å²) >= 11 is 5.70. The van der Waals surface area contributed by atoms with Crippen molar-refractivity contribution in [3.05, 3.63) is 0 Å². The second kappa shape index (κ2) is 2.96. The van der Waals surface area contributed by atoms with E-state index in [1.54, 1.807) is 11.9 Å². The van der Waals surface area contributed by atoms with Gasteiger partial charge in [-0.05, 0) is 5.41 Å². The van der Waals surface area contributed by atoms with Crippen LogP contribution in [0.15, 0.2) is 5.10 Å². The van der Waals surface area contributed by atoms with Crippen molar-refractivity contribution in [2.75, 3.05) is 5.88 Å². The average Bonchev–Trinajstić information content (AvgIpc) is 2.50. The summed E-state index contributed by atoms with van der Waals surface area (Å²) in [7, 11) is 0. The van der Waals surface area contributed by atoms with Crippen molar-refractivity contribution in [1.82, 2.24) is 5.01 Å². The summed E-state index contributed by atoms with van der Waals surface area (Å²) in [6, 6.07) is 0.290. The van der Waals surface area contributed by atoms with Crippen LogP contribution < -0.4 is 0 Å². The van der Waals surface area contributed by atoms with Crippen molar-refractivity contribution in [1.29, 1.82) is 0 Å². The highest BCUT2D eigenvalue weighted by Gasteiger charge is 2.67. The second-order valence-corrected chi connectivity index (χ2v) is 5.02. The Morgan fingerprint density at radius 3 is 2.71 bits per heavy atom. The van der Waals surface area contributed by atoms with Crippen LogP contribution in [0.5, 0.6) is 0 Å². The first-order valence-electron chi connectivity index (χ1n) is 4.93. The predicted octanol–water partition coefficient (Wildman–Crippen LogP) is 1.86. The maximum atomic E-state index is 11.3. The highest BCUT2D eigenvalue weighted by atomic mass is 35.5. The molecule has 0 aromatic heterocycles. The summed E-state index contributed by atoms with van der Waals surface area (Å²) in [5, 5.41) is 5.95. The second-order valence-electron chi connectivity index (χ2n) is 4.64. The maximum absolute atomic E-state index is 11.3. The number of rotatable bonds is 2. The van der Waals surface area contributed by atoms with Gasteiger partial charge in [0.25, 0.3) is 0 Å². The van der Waals surface area contributed by atoms with Crippen LogP contribution in [0.2, 0.25) is 0 Å². The molecule has 1 heterocycles. The molecule has 1 aliphatic heterocycles. The molecule has 0 saturated heterocycles. The lowest BCUT2D eigenvalue weighted by Gasteiger charge is -2.16. The summed E-state index contributed by atoms with van der Waals surface area (Å²) in [6.07, 6.45) is 0.802. The molecular weight excluding hydrogens is 200 g/mol. The van der Waals surface area contributed by atoms with Gasteiger partial charge in [-0.2, -0.15) is 5.10 Å². The first-order valence-corrected chi connectivity index (χ1v) is 5.46. The van der Waals surface area contributed by atoms with Crippen LogP contribution in [0.1, 0.15) is 27.2 Å². The van der Waals surface area contributed by atoms with E-state index >= 15 is 0 Å². The van der Waals surface area contributed by atoms with E-state index in [1.807, 2.05) is 0 Å². The van der Waals surface area contributed by atoms with Crippen LogP contribution >= 0.6 is 11.6 Å². The lowest BCUT2D eigenvalue weighted by atomic mass is 10.0. The zero-order valence-corrected chi connectivity index (χ0v) is 9.51. The van der Waals surface area contributed by atoms with Gasteiger partial charge >= 0.3 is 0 Å². The summed E-state index contributed by atoms with van der Waals surface area (Å²) in [5.74, 6) is 1.07. The minimum atomic E-state index is 0.0372. The molecule has 4 heteroatoms. The zero-order chi connectivity index (χ0) is 10.5. The summed E-state index contributed by atoms with van der Waals surface area (Å²) < 4.78 is 0. The highest BCUT2D eigenvalue weighted by Crippen LogP contribution is 2.59. The quantitative estimate of drug-likeness (QED) is 0.646. The number of halogens is 1. The molecule has 0 N–H and O–H groups in total. The normalized spacial score (nSPS) is 32.6. The lowest BCUT2D eigenvalue weighted by molar-refractivity contribution is -0.129. The van der Waals surface area contributed by atoms with Crippen LogP contribution in [0.25, 0.3) is 0 Å². The van der Waals surface area contributed by atoms with Crippen molar-refractivity contribution in [3.8, 4) is 0 Å². The standard InChI is InChI=1S/C10H15ClN2O/c1-6(14)13-9-8(10(9,2)3)7(12-13)4-5-11/h8-9H,4-5H2,1-3H3. The van der Waals surface area contributed by atoms with E-state index in [2.05, 4.69) is 18.9 Å². The zero-order valence-electron chi connectivity index (χ0n) is 8.75. The van der Waals surface area contributed by atoms with E-state index in [-0.39, 0.29) is 11.3 Å². The van der Waals surface area contributed by atoms with Crippen molar-refractivity contribution in [2.45, 2.75) is 33.2 Å². The number of carbonyl (C=O) groups is 1. The molecule has 2 unspecified atom stereocenters. The molecule has 2 atom stereocenters. The molecule has 0 aromatic carbocycles. The number of hydrogen-bond donors (Lipinski definition) is 0. The first-order chi connectivity index (χ1) is 6.50. The number of nitrogens with zero attached hydrogens (tertiary/aromatic N) is 2. The van der Waals surface area contributed by atoms with Gasteiger partial charge in [0, 0.05) is 30.9 Å². The van der Waals surface area contributed by atoms with Crippen molar-refractivity contribution >= 4 is 23.2 Å². The molecule has 2 aliphatic rings. The van der Waals surface area contributed by atoms with Gasteiger partial charge in [-0.15, -0.1) is 11.6 Å². The number of alkyl halides is 1. The average molecular weight is 215 g/mol. The van der Waals surface area contributed by atoms with Crippen molar-refractivity contribution in [3.63, 3.8) is 0 Å². The van der Waals surface area contributed by atoms with Crippen LogP contribution in [-0.4, -0.2) is 28.5 Å². The van der Waals surface area contributed by atoms with E-state index in [0.29, 0.717) is 17.8 Å². The van der Waals surface area contributed by atoms with E-state index in [0.717, 1.165) is 12.1 Å². The molecule has 0 bridgehead atoms. The Morgan fingerprint density at radius 2 is 2.29 bits per heavy atom. The molecule has 2 rings (SSSR count). The summed E-state index contributed by atoms with van der Waals surface area (Å²) in [5.41, 5.74) is 1.31. The van der Waals surface area contributed by atoms with Crippen LogP contribution in [0.3, 0.4) is 0 Å². The molecule has 0 radical (unpaired) electrons. The summed E-state index contributed by atoms with van der Waals surface area (Å²) in [4.78, 5) is 11.3. The Bertz CT molecular complexity index is 311.